The molecular formula is C24H19N3O3. The number of rotatable bonds is 4. The summed E-state index contributed by atoms with van der Waals surface area (Å²) in [6.45, 7) is 1.82. The molecule has 148 valence electrons. The Balaban J connectivity index is 1.61. The first-order valence-corrected chi connectivity index (χ1v) is 9.99. The van der Waals surface area contributed by atoms with Gasteiger partial charge in [-0.2, -0.15) is 5.26 Å². The van der Waals surface area contributed by atoms with Crippen LogP contribution >= 0.6 is 0 Å². The first kappa shape index (κ1) is 18.3. The van der Waals surface area contributed by atoms with E-state index < -0.39 is 11.8 Å². The van der Waals surface area contributed by atoms with Crippen LogP contribution in [-0.2, 0) is 11.4 Å². The van der Waals surface area contributed by atoms with Crippen LogP contribution < -0.4 is 4.90 Å². The standard InChI is InChI=1S/C24H19N3O3/c25-14-17-13-20-21-18(22(17)26-11-4-5-12-26)9-6-10-19(21)23(28)27(24(20)29)30-15-16-7-2-1-3-8-16/h1-3,6-10,13H,4-5,11-12,15H2. The van der Waals surface area contributed by atoms with Gasteiger partial charge in [-0.15, -0.1) is 5.06 Å². The molecule has 3 aromatic rings. The van der Waals surface area contributed by atoms with Crippen molar-refractivity contribution >= 4 is 28.3 Å². The molecule has 0 unspecified atom stereocenters. The number of benzene rings is 3. The molecule has 0 radical (unpaired) electrons. The Hall–Kier alpha value is -3.69. The van der Waals surface area contributed by atoms with Gasteiger partial charge in [-0.25, -0.2) is 0 Å². The molecular weight excluding hydrogens is 378 g/mol. The number of nitrogens with zero attached hydrogens (tertiary/aromatic N) is 3. The Morgan fingerprint density at radius 2 is 1.67 bits per heavy atom. The predicted octanol–water partition coefficient (Wildman–Crippen LogP) is 4.04. The average molecular weight is 397 g/mol. The molecule has 3 aromatic carbocycles. The van der Waals surface area contributed by atoms with E-state index in [4.69, 9.17) is 4.84 Å². The number of hydroxylamine groups is 2. The Kier molecular flexibility index (Phi) is 4.46. The van der Waals surface area contributed by atoms with Gasteiger partial charge in [-0.3, -0.25) is 14.4 Å². The van der Waals surface area contributed by atoms with Gasteiger partial charge >= 0.3 is 0 Å². The van der Waals surface area contributed by atoms with Gasteiger partial charge < -0.3 is 4.90 Å². The smallest absolute Gasteiger partial charge is 0.285 e. The monoisotopic (exact) mass is 397 g/mol. The number of hydrogen-bond acceptors (Lipinski definition) is 5. The summed E-state index contributed by atoms with van der Waals surface area (Å²) in [7, 11) is 0. The molecule has 0 aromatic heterocycles. The third-order valence-electron chi connectivity index (χ3n) is 5.71. The quantitative estimate of drug-likeness (QED) is 0.621. The molecule has 2 heterocycles. The number of carbonyl (C=O) groups excluding carboxylic acids is 2. The molecule has 0 atom stereocenters. The summed E-state index contributed by atoms with van der Waals surface area (Å²) in [5, 5.41) is 12.0. The first-order valence-electron chi connectivity index (χ1n) is 9.99. The van der Waals surface area contributed by atoms with Gasteiger partial charge in [0.1, 0.15) is 12.7 Å². The Bertz CT molecular complexity index is 1210. The minimum Gasteiger partial charge on any atom is -0.370 e. The van der Waals surface area contributed by atoms with Gasteiger partial charge in [0.15, 0.2) is 0 Å². The van der Waals surface area contributed by atoms with Gasteiger partial charge in [0.05, 0.1) is 22.4 Å². The zero-order chi connectivity index (χ0) is 20.7. The molecule has 0 aliphatic carbocycles. The second-order valence-electron chi connectivity index (χ2n) is 7.52. The third-order valence-corrected chi connectivity index (χ3v) is 5.71. The summed E-state index contributed by atoms with van der Waals surface area (Å²) in [6.07, 6.45) is 2.12. The maximum absolute atomic E-state index is 13.2. The summed E-state index contributed by atoms with van der Waals surface area (Å²) >= 11 is 0. The van der Waals surface area contributed by atoms with Crippen molar-refractivity contribution < 1.29 is 14.4 Å². The van der Waals surface area contributed by atoms with Crippen molar-refractivity contribution in [3.05, 3.63) is 76.9 Å². The molecule has 6 heteroatoms. The minimum atomic E-state index is -0.538. The zero-order valence-corrected chi connectivity index (χ0v) is 16.3. The van der Waals surface area contributed by atoms with Crippen LogP contribution in [0.2, 0.25) is 0 Å². The first-order chi connectivity index (χ1) is 14.7. The van der Waals surface area contributed by atoms with E-state index in [0.29, 0.717) is 22.1 Å². The van der Waals surface area contributed by atoms with E-state index in [1.807, 2.05) is 36.4 Å². The van der Waals surface area contributed by atoms with Crippen LogP contribution in [0.15, 0.2) is 54.6 Å². The average Bonchev–Trinajstić information content (AvgIpc) is 3.31. The van der Waals surface area contributed by atoms with Crippen LogP contribution in [0.4, 0.5) is 5.69 Å². The second kappa shape index (κ2) is 7.29. The summed E-state index contributed by atoms with van der Waals surface area (Å²) < 4.78 is 0. The lowest BCUT2D eigenvalue weighted by atomic mass is 9.91. The van der Waals surface area contributed by atoms with Gasteiger partial charge in [0, 0.05) is 23.9 Å². The van der Waals surface area contributed by atoms with Gasteiger partial charge in [-0.05, 0) is 30.5 Å². The van der Waals surface area contributed by atoms with Crippen LogP contribution in [0, 0.1) is 11.3 Å². The molecule has 1 saturated heterocycles. The molecule has 1 fully saturated rings. The van der Waals surface area contributed by atoms with Crippen molar-refractivity contribution in [1.29, 1.82) is 5.26 Å². The molecule has 0 saturated carbocycles. The van der Waals surface area contributed by atoms with E-state index in [1.54, 1.807) is 18.2 Å². The fourth-order valence-corrected chi connectivity index (χ4v) is 4.32. The van der Waals surface area contributed by atoms with Crippen molar-refractivity contribution in [3.8, 4) is 6.07 Å². The number of hydrogen-bond donors (Lipinski definition) is 0. The zero-order valence-electron chi connectivity index (χ0n) is 16.3. The van der Waals surface area contributed by atoms with Crippen LogP contribution in [0.25, 0.3) is 10.8 Å². The van der Waals surface area contributed by atoms with Crippen molar-refractivity contribution in [2.24, 2.45) is 0 Å². The summed E-state index contributed by atoms with van der Waals surface area (Å²) in [4.78, 5) is 34.1. The molecule has 5 rings (SSSR count). The van der Waals surface area contributed by atoms with E-state index >= 15 is 0 Å². The molecule has 0 spiro atoms. The largest absolute Gasteiger partial charge is 0.370 e. The number of anilines is 1. The van der Waals surface area contributed by atoms with Crippen LogP contribution in [0.3, 0.4) is 0 Å². The molecule has 2 aliphatic heterocycles. The number of amides is 2. The Labute approximate surface area is 173 Å². The highest BCUT2D eigenvalue weighted by Crippen LogP contribution is 2.39. The SMILES string of the molecule is N#Cc1cc2c3c(cccc3c1N1CCCC1)C(=O)N(OCc1ccccc1)C2=O. The summed E-state index contributed by atoms with van der Waals surface area (Å²) in [6, 6.07) is 18.6. The second-order valence-corrected chi connectivity index (χ2v) is 7.52. The van der Waals surface area contributed by atoms with E-state index in [0.717, 1.165) is 47.6 Å². The van der Waals surface area contributed by atoms with Crippen molar-refractivity contribution in [2.45, 2.75) is 19.4 Å². The normalized spacial score (nSPS) is 15.7. The maximum Gasteiger partial charge on any atom is 0.285 e. The van der Waals surface area contributed by atoms with Crippen molar-refractivity contribution in [2.75, 3.05) is 18.0 Å². The molecule has 2 aliphatic rings. The fourth-order valence-electron chi connectivity index (χ4n) is 4.32. The third kappa shape index (κ3) is 2.83. The lowest BCUT2D eigenvalue weighted by molar-refractivity contribution is -0.104. The van der Waals surface area contributed by atoms with E-state index in [2.05, 4.69) is 11.0 Å². The highest BCUT2D eigenvalue weighted by molar-refractivity contribution is 6.26. The molecule has 6 nitrogen and oxygen atoms in total. The molecule has 0 bridgehead atoms. The van der Waals surface area contributed by atoms with Crippen LogP contribution in [-0.4, -0.2) is 30.0 Å². The molecule has 30 heavy (non-hydrogen) atoms. The number of nitriles is 1. The molecule has 0 N–H and O–H groups in total. The highest BCUT2D eigenvalue weighted by atomic mass is 16.7. The lowest BCUT2D eigenvalue weighted by Crippen LogP contribution is -2.40. The Morgan fingerprint density at radius 3 is 2.40 bits per heavy atom. The summed E-state index contributed by atoms with van der Waals surface area (Å²) in [5.74, 6) is -1.02. The van der Waals surface area contributed by atoms with Crippen molar-refractivity contribution in [1.82, 2.24) is 5.06 Å². The van der Waals surface area contributed by atoms with Crippen molar-refractivity contribution in [3.63, 3.8) is 0 Å². The summed E-state index contributed by atoms with van der Waals surface area (Å²) in [5.41, 5.74) is 2.86. The maximum atomic E-state index is 13.2. The van der Waals surface area contributed by atoms with Gasteiger partial charge in [0.25, 0.3) is 11.8 Å². The van der Waals surface area contributed by atoms with Gasteiger partial charge in [0.2, 0.25) is 0 Å². The van der Waals surface area contributed by atoms with Gasteiger partial charge in [-0.1, -0.05) is 42.5 Å². The van der Waals surface area contributed by atoms with E-state index in [1.165, 1.54) is 0 Å². The number of carbonyl (C=O) groups is 2. The topological polar surface area (TPSA) is 73.6 Å². The van der Waals surface area contributed by atoms with Crippen LogP contribution in [0.5, 0.6) is 0 Å². The Morgan fingerprint density at radius 1 is 0.933 bits per heavy atom. The highest BCUT2D eigenvalue weighted by Gasteiger charge is 2.36. The fraction of sp³-hybridized carbons (Fsp3) is 0.208. The molecule has 2 amide bonds. The number of imide groups is 1. The van der Waals surface area contributed by atoms with E-state index in [-0.39, 0.29) is 6.61 Å². The van der Waals surface area contributed by atoms with Crippen LogP contribution in [0.1, 0.15) is 44.7 Å². The predicted molar refractivity (Wildman–Crippen MR) is 112 cm³/mol. The van der Waals surface area contributed by atoms with E-state index in [9.17, 15) is 14.9 Å². The lowest BCUT2D eigenvalue weighted by Gasteiger charge is -2.29. The minimum absolute atomic E-state index is 0.0978.